The number of carbonyl (C=O) groups excluding carboxylic acids is 1. The van der Waals surface area contributed by atoms with E-state index < -0.39 is 0 Å². The lowest BCUT2D eigenvalue weighted by Gasteiger charge is -2.39. The molecule has 15 heavy (non-hydrogen) atoms. The molecule has 88 valence electrons. The normalized spacial score (nSPS) is 23.9. The van der Waals surface area contributed by atoms with Crippen molar-refractivity contribution in [3.63, 3.8) is 0 Å². The molecule has 0 radical (unpaired) electrons. The van der Waals surface area contributed by atoms with E-state index in [-0.39, 0.29) is 11.3 Å². The van der Waals surface area contributed by atoms with Crippen molar-refractivity contribution in [2.24, 2.45) is 11.3 Å². The van der Waals surface area contributed by atoms with Crippen LogP contribution in [0.25, 0.3) is 0 Å². The summed E-state index contributed by atoms with van der Waals surface area (Å²) in [5.74, 6) is 0.537. The molecule has 0 bridgehead atoms. The van der Waals surface area contributed by atoms with E-state index in [1.165, 1.54) is 6.42 Å². The van der Waals surface area contributed by atoms with Crippen molar-refractivity contribution in [2.45, 2.75) is 26.7 Å². The number of likely N-dealkylation sites (tertiary alicyclic amines) is 1. The number of hydrazine groups is 1. The molecule has 1 aliphatic rings. The average molecular weight is 213 g/mol. The van der Waals surface area contributed by atoms with E-state index in [0.29, 0.717) is 5.92 Å². The van der Waals surface area contributed by atoms with E-state index in [9.17, 15) is 4.79 Å². The van der Waals surface area contributed by atoms with Crippen LogP contribution >= 0.6 is 0 Å². The highest BCUT2D eigenvalue weighted by Gasteiger charge is 2.38. The monoisotopic (exact) mass is 213 g/mol. The highest BCUT2D eigenvalue weighted by molar-refractivity contribution is 5.81. The third kappa shape index (κ3) is 2.92. The van der Waals surface area contributed by atoms with E-state index in [0.717, 1.165) is 19.5 Å². The summed E-state index contributed by atoms with van der Waals surface area (Å²) in [5, 5.41) is 0. The lowest BCUT2D eigenvalue weighted by atomic mass is 9.74. The maximum atomic E-state index is 11.9. The Morgan fingerprint density at radius 3 is 2.67 bits per heavy atom. The fraction of sp³-hybridized carbons (Fsp3) is 0.909. The topological polar surface area (TPSA) is 44.4 Å². The van der Waals surface area contributed by atoms with Crippen molar-refractivity contribution < 1.29 is 4.79 Å². The summed E-state index contributed by atoms with van der Waals surface area (Å²) in [6, 6.07) is 0. The fourth-order valence-electron chi connectivity index (χ4n) is 2.22. The van der Waals surface area contributed by atoms with Gasteiger partial charge >= 0.3 is 0 Å². The predicted octanol–water partition coefficient (Wildman–Crippen LogP) is 0.605. The maximum Gasteiger partial charge on any atom is 0.240 e. The predicted molar refractivity (Wildman–Crippen MR) is 61.2 cm³/mol. The molecule has 0 aromatic heterocycles. The molecule has 1 heterocycles. The van der Waals surface area contributed by atoms with E-state index in [1.807, 2.05) is 13.8 Å². The van der Waals surface area contributed by atoms with Gasteiger partial charge in [-0.3, -0.25) is 10.2 Å². The van der Waals surface area contributed by atoms with Crippen LogP contribution in [-0.2, 0) is 4.79 Å². The number of amides is 1. The van der Waals surface area contributed by atoms with E-state index in [1.54, 1.807) is 7.05 Å². The van der Waals surface area contributed by atoms with Crippen LogP contribution in [-0.4, -0.2) is 38.0 Å². The lowest BCUT2D eigenvalue weighted by Crippen LogP contribution is -2.50. The lowest BCUT2D eigenvalue weighted by molar-refractivity contribution is -0.134. The van der Waals surface area contributed by atoms with Gasteiger partial charge in [0.1, 0.15) is 0 Å². The first-order chi connectivity index (χ1) is 6.98. The van der Waals surface area contributed by atoms with Crippen LogP contribution in [0.4, 0.5) is 0 Å². The summed E-state index contributed by atoms with van der Waals surface area (Å²) in [6.07, 6.45) is 2.34. The summed E-state index contributed by atoms with van der Waals surface area (Å²) in [5.41, 5.74) is 5.11. The van der Waals surface area contributed by atoms with Gasteiger partial charge in [-0.1, -0.05) is 13.8 Å². The largest absolute Gasteiger partial charge is 0.306 e. The zero-order valence-electron chi connectivity index (χ0n) is 10.3. The van der Waals surface area contributed by atoms with Crippen LogP contribution in [0.1, 0.15) is 26.7 Å². The van der Waals surface area contributed by atoms with Crippen molar-refractivity contribution in [1.29, 1.82) is 0 Å². The molecule has 1 aliphatic heterocycles. The molecular formula is C11H23N3O. The van der Waals surface area contributed by atoms with Gasteiger partial charge in [0.15, 0.2) is 0 Å². The van der Waals surface area contributed by atoms with Gasteiger partial charge < -0.3 is 4.90 Å². The molecule has 4 nitrogen and oxygen atoms in total. The van der Waals surface area contributed by atoms with Crippen molar-refractivity contribution in [2.75, 3.05) is 27.2 Å². The zero-order chi connectivity index (χ0) is 11.5. The maximum absolute atomic E-state index is 11.9. The Hall–Kier alpha value is -0.610. The van der Waals surface area contributed by atoms with Gasteiger partial charge in [0, 0.05) is 19.0 Å². The SMILES string of the molecule is CNNC(=O)C(C)(C)C1CCCN(C)C1. The summed E-state index contributed by atoms with van der Waals surface area (Å²) in [6.45, 7) is 6.23. The number of hydrogen-bond donors (Lipinski definition) is 2. The summed E-state index contributed by atoms with van der Waals surface area (Å²) >= 11 is 0. The molecule has 0 aromatic rings. The Bertz CT molecular complexity index is 228. The molecular weight excluding hydrogens is 190 g/mol. The molecule has 1 rings (SSSR count). The number of piperidine rings is 1. The summed E-state index contributed by atoms with van der Waals surface area (Å²) < 4.78 is 0. The third-order valence-corrected chi connectivity index (χ3v) is 3.47. The molecule has 0 aliphatic carbocycles. The number of nitrogens with zero attached hydrogens (tertiary/aromatic N) is 1. The van der Waals surface area contributed by atoms with E-state index in [2.05, 4.69) is 22.8 Å². The molecule has 1 unspecified atom stereocenters. The molecule has 0 spiro atoms. The van der Waals surface area contributed by atoms with Crippen LogP contribution in [0.5, 0.6) is 0 Å². The van der Waals surface area contributed by atoms with Crippen LogP contribution in [0.15, 0.2) is 0 Å². The Kier molecular flexibility index (Phi) is 4.11. The Labute approximate surface area is 92.4 Å². The zero-order valence-corrected chi connectivity index (χ0v) is 10.3. The summed E-state index contributed by atoms with van der Waals surface area (Å²) in [4.78, 5) is 14.2. The molecule has 4 heteroatoms. The number of nitrogens with one attached hydrogen (secondary N) is 2. The number of rotatable bonds is 3. The molecule has 1 saturated heterocycles. The molecule has 1 amide bonds. The van der Waals surface area contributed by atoms with Crippen molar-refractivity contribution >= 4 is 5.91 Å². The second-order valence-corrected chi connectivity index (χ2v) is 5.03. The summed E-state index contributed by atoms with van der Waals surface area (Å²) in [7, 11) is 3.85. The van der Waals surface area contributed by atoms with E-state index in [4.69, 9.17) is 0 Å². The second-order valence-electron chi connectivity index (χ2n) is 5.03. The second kappa shape index (κ2) is 4.94. The van der Waals surface area contributed by atoms with E-state index >= 15 is 0 Å². The van der Waals surface area contributed by atoms with Gasteiger partial charge in [0.2, 0.25) is 5.91 Å². The molecule has 1 atom stereocenters. The van der Waals surface area contributed by atoms with Gasteiger partial charge in [0.05, 0.1) is 0 Å². The quantitative estimate of drug-likeness (QED) is 0.675. The first-order valence-electron chi connectivity index (χ1n) is 5.64. The van der Waals surface area contributed by atoms with Gasteiger partial charge in [-0.25, -0.2) is 5.43 Å². The average Bonchev–Trinajstić information content (AvgIpc) is 2.18. The van der Waals surface area contributed by atoms with Gasteiger partial charge in [-0.15, -0.1) is 0 Å². The molecule has 0 saturated carbocycles. The third-order valence-electron chi connectivity index (χ3n) is 3.47. The smallest absolute Gasteiger partial charge is 0.240 e. The Morgan fingerprint density at radius 2 is 2.13 bits per heavy atom. The van der Waals surface area contributed by atoms with Crippen molar-refractivity contribution in [3.8, 4) is 0 Å². The molecule has 2 N–H and O–H groups in total. The Balaban J connectivity index is 2.62. The van der Waals surface area contributed by atoms with Gasteiger partial charge in [0.25, 0.3) is 0 Å². The highest BCUT2D eigenvalue weighted by atomic mass is 16.2. The standard InChI is InChI=1S/C11H23N3O/c1-11(2,10(15)13-12-3)9-6-5-7-14(4)8-9/h9,12H,5-8H2,1-4H3,(H,13,15). The molecule has 0 aromatic carbocycles. The van der Waals surface area contributed by atoms with Crippen molar-refractivity contribution in [3.05, 3.63) is 0 Å². The fourth-order valence-corrected chi connectivity index (χ4v) is 2.22. The minimum Gasteiger partial charge on any atom is -0.306 e. The minimum atomic E-state index is -0.294. The van der Waals surface area contributed by atoms with Gasteiger partial charge in [-0.2, -0.15) is 0 Å². The van der Waals surface area contributed by atoms with Crippen LogP contribution in [0.3, 0.4) is 0 Å². The van der Waals surface area contributed by atoms with Crippen LogP contribution in [0, 0.1) is 11.3 Å². The van der Waals surface area contributed by atoms with Crippen molar-refractivity contribution in [1.82, 2.24) is 15.8 Å². The first-order valence-corrected chi connectivity index (χ1v) is 5.64. The van der Waals surface area contributed by atoms with Crippen LogP contribution < -0.4 is 10.9 Å². The molecule has 1 fully saturated rings. The highest BCUT2D eigenvalue weighted by Crippen LogP contribution is 2.33. The number of hydrogen-bond acceptors (Lipinski definition) is 3. The van der Waals surface area contributed by atoms with Crippen LogP contribution in [0.2, 0.25) is 0 Å². The van der Waals surface area contributed by atoms with Gasteiger partial charge in [-0.05, 0) is 32.4 Å². The number of carbonyl (C=O) groups is 1. The minimum absolute atomic E-state index is 0.0882. The Morgan fingerprint density at radius 1 is 1.47 bits per heavy atom. The first kappa shape index (κ1) is 12.5.